The van der Waals surface area contributed by atoms with Crippen LogP contribution in [0, 0.1) is 45.3 Å². The van der Waals surface area contributed by atoms with Gasteiger partial charge in [0.1, 0.15) is 0 Å². The molecule has 0 saturated heterocycles. The van der Waals surface area contributed by atoms with Crippen molar-refractivity contribution in [2.75, 3.05) is 0 Å². The summed E-state index contributed by atoms with van der Waals surface area (Å²) in [6, 6.07) is 73.0. The van der Waals surface area contributed by atoms with Crippen molar-refractivity contribution in [3.05, 3.63) is 216 Å². The van der Waals surface area contributed by atoms with Crippen molar-refractivity contribution in [1.29, 1.82) is 21.0 Å². The molecular weight excluding hydrogens is 877 g/mol. The van der Waals surface area contributed by atoms with Crippen LogP contribution in [0.4, 0.5) is 0 Å². The first-order chi connectivity index (χ1) is 34.5. The third kappa shape index (κ3) is 7.00. The molecule has 0 radical (unpaired) electrons. The van der Waals surface area contributed by atoms with E-state index in [0.29, 0.717) is 50.9 Å². The maximum Gasteiger partial charge on any atom is 0.166 e. The third-order valence-corrected chi connectivity index (χ3v) is 14.0. The minimum absolute atomic E-state index is 0.392. The molecule has 322 valence electrons. The number of nitriles is 4. The molecule has 0 aliphatic heterocycles. The summed E-state index contributed by atoms with van der Waals surface area (Å²) in [6.45, 7) is 0. The molecule has 0 bridgehead atoms. The fourth-order valence-electron chi connectivity index (χ4n) is 9.56. The highest BCUT2D eigenvalue weighted by Gasteiger charge is 2.23. The molecule has 12 aromatic rings. The topological polar surface area (TPSA) is 139 Å². The molecule has 70 heavy (non-hydrogen) atoms. The average Bonchev–Trinajstić information content (AvgIpc) is 3.98. The summed E-state index contributed by atoms with van der Waals surface area (Å²) in [4.78, 5) is 15.7. The monoisotopic (exact) mass is 908 g/mol. The Morgan fingerprint density at radius 3 is 1.44 bits per heavy atom. The van der Waals surface area contributed by atoms with Crippen molar-refractivity contribution >= 4 is 53.3 Å². The van der Waals surface area contributed by atoms with Crippen LogP contribution in [0.5, 0.6) is 0 Å². The van der Waals surface area contributed by atoms with Gasteiger partial charge < -0.3 is 4.57 Å². The zero-order valence-electron chi connectivity index (χ0n) is 37.0. The molecule has 0 amide bonds. The molecule has 0 atom stereocenters. The molecule has 8 nitrogen and oxygen atoms in total. The van der Waals surface area contributed by atoms with Gasteiger partial charge in [0.15, 0.2) is 17.5 Å². The molecule has 0 saturated carbocycles. The van der Waals surface area contributed by atoms with E-state index >= 15 is 0 Å². The van der Waals surface area contributed by atoms with Gasteiger partial charge in [0.25, 0.3) is 0 Å². The zero-order valence-corrected chi connectivity index (χ0v) is 37.8. The smallest absolute Gasteiger partial charge is 0.166 e. The summed E-state index contributed by atoms with van der Waals surface area (Å²) in [5.74, 6) is 1.56. The highest BCUT2D eigenvalue weighted by atomic mass is 32.1. The number of aromatic nitrogens is 4. The predicted octanol–water partition coefficient (Wildman–Crippen LogP) is 14.8. The lowest BCUT2D eigenvalue weighted by molar-refractivity contribution is 1.06. The van der Waals surface area contributed by atoms with Crippen molar-refractivity contribution < 1.29 is 0 Å². The van der Waals surface area contributed by atoms with Gasteiger partial charge in [0, 0.05) is 47.6 Å². The average molecular weight is 909 g/mol. The lowest BCUT2D eigenvalue weighted by Crippen LogP contribution is -2.04. The predicted molar refractivity (Wildman–Crippen MR) is 279 cm³/mol. The summed E-state index contributed by atoms with van der Waals surface area (Å²) in [5.41, 5.74) is 11.7. The third-order valence-electron chi connectivity index (χ3n) is 12.8. The van der Waals surface area contributed by atoms with Crippen LogP contribution >= 0.6 is 11.3 Å². The van der Waals surface area contributed by atoms with Crippen LogP contribution in [0.3, 0.4) is 0 Å². The molecule has 0 N–H and O–H groups in total. The van der Waals surface area contributed by atoms with Gasteiger partial charge in [-0.3, -0.25) is 0 Å². The number of hydrogen-bond donors (Lipinski definition) is 0. The van der Waals surface area contributed by atoms with Crippen LogP contribution in [0.25, 0.3) is 115 Å². The maximum absolute atomic E-state index is 10.3. The Morgan fingerprint density at radius 2 is 0.871 bits per heavy atom. The molecule has 12 rings (SSSR count). The van der Waals surface area contributed by atoms with Crippen LogP contribution in [-0.2, 0) is 0 Å². The Morgan fingerprint density at radius 1 is 0.357 bits per heavy atom. The Bertz CT molecular complexity index is 4100. The van der Waals surface area contributed by atoms with E-state index in [2.05, 4.69) is 114 Å². The van der Waals surface area contributed by atoms with E-state index in [1.807, 2.05) is 84.9 Å². The van der Waals surface area contributed by atoms with E-state index in [-0.39, 0.29) is 0 Å². The fraction of sp³-hybridized carbons (Fsp3) is 0. The number of benzene rings is 9. The Balaban J connectivity index is 1.17. The minimum atomic E-state index is 0.392. The lowest BCUT2D eigenvalue weighted by Gasteiger charge is -2.17. The summed E-state index contributed by atoms with van der Waals surface area (Å²) >= 11 is 1.78. The molecule has 3 aromatic heterocycles. The highest BCUT2D eigenvalue weighted by Crippen LogP contribution is 2.44. The summed E-state index contributed by atoms with van der Waals surface area (Å²) in [6.07, 6.45) is 0. The van der Waals surface area contributed by atoms with Crippen LogP contribution in [0.1, 0.15) is 22.3 Å². The number of rotatable bonds is 7. The molecule has 0 aliphatic carbocycles. The van der Waals surface area contributed by atoms with Crippen molar-refractivity contribution in [2.45, 2.75) is 0 Å². The van der Waals surface area contributed by atoms with Crippen LogP contribution in [0.2, 0.25) is 0 Å². The van der Waals surface area contributed by atoms with E-state index in [1.165, 1.54) is 20.2 Å². The number of nitrogens with zero attached hydrogens (tertiary/aromatic N) is 8. The first-order valence-electron chi connectivity index (χ1n) is 22.4. The summed E-state index contributed by atoms with van der Waals surface area (Å²) in [7, 11) is 0. The largest absolute Gasteiger partial charge is 0.308 e. The molecule has 3 heterocycles. The van der Waals surface area contributed by atoms with E-state index < -0.39 is 0 Å². The fourth-order valence-corrected chi connectivity index (χ4v) is 10.7. The summed E-state index contributed by atoms with van der Waals surface area (Å²) < 4.78 is 4.65. The Kier molecular flexibility index (Phi) is 10.1. The molecule has 9 aromatic carbocycles. The molecule has 9 heteroatoms. The van der Waals surface area contributed by atoms with E-state index in [1.54, 1.807) is 35.6 Å². The van der Waals surface area contributed by atoms with E-state index in [4.69, 9.17) is 15.0 Å². The second kappa shape index (κ2) is 17.0. The lowest BCUT2D eigenvalue weighted by atomic mass is 9.95. The van der Waals surface area contributed by atoms with Crippen molar-refractivity contribution in [3.8, 4) is 97.5 Å². The molecule has 0 aliphatic rings. The number of fused-ring (bicyclic) bond motifs is 6. The standard InChI is InChI=1S/C61H32N8S/c62-33-37-18-23-46(44(28-37)35-64)41-20-25-53-50(30-41)51-31-42(47-24-19-38(34-63)29-45(47)36-65)21-26-54(51)69(53)55-27-22-43(48-15-9-17-57-58(48)49-14-7-8-16-56(49)70-57)32-52(55)61-67-59(39-10-3-1-4-11-39)66-60(68-61)40-12-5-2-6-13-40/h1-32H. The molecule has 0 fully saturated rings. The van der Waals surface area contributed by atoms with Gasteiger partial charge in [-0.25, -0.2) is 15.0 Å². The van der Waals surface area contributed by atoms with Crippen molar-refractivity contribution in [2.24, 2.45) is 0 Å². The van der Waals surface area contributed by atoms with Crippen molar-refractivity contribution in [3.63, 3.8) is 0 Å². The van der Waals surface area contributed by atoms with Crippen LogP contribution < -0.4 is 0 Å². The zero-order chi connectivity index (χ0) is 47.3. The SMILES string of the molecule is N#Cc1ccc(-c2ccc3c(c2)c2cc(-c4ccc(C#N)cc4C#N)ccc2n3-c2ccc(-c3cccc4sc5ccccc5c34)cc2-c2nc(-c3ccccc3)nc(-c3ccccc3)n2)c(C#N)c1. The Labute approximate surface area is 405 Å². The quantitative estimate of drug-likeness (QED) is 0.155. The van der Waals surface area contributed by atoms with Crippen LogP contribution in [-0.4, -0.2) is 19.5 Å². The van der Waals surface area contributed by atoms with Gasteiger partial charge in [-0.15, -0.1) is 11.3 Å². The first-order valence-corrected chi connectivity index (χ1v) is 23.2. The molecule has 0 spiro atoms. The second-order valence-electron chi connectivity index (χ2n) is 16.8. The second-order valence-corrected chi connectivity index (χ2v) is 17.9. The van der Waals surface area contributed by atoms with Gasteiger partial charge in [-0.05, 0) is 106 Å². The van der Waals surface area contributed by atoms with Gasteiger partial charge in [0.2, 0.25) is 0 Å². The highest BCUT2D eigenvalue weighted by molar-refractivity contribution is 7.25. The molecule has 0 unspecified atom stereocenters. The number of hydrogen-bond acceptors (Lipinski definition) is 8. The van der Waals surface area contributed by atoms with Crippen molar-refractivity contribution in [1.82, 2.24) is 19.5 Å². The van der Waals surface area contributed by atoms with E-state index in [9.17, 15) is 21.0 Å². The number of thiophene rings is 1. The molecular formula is C61H32N8S. The van der Waals surface area contributed by atoms with E-state index in [0.717, 1.165) is 66.4 Å². The van der Waals surface area contributed by atoms with Gasteiger partial charge in [-0.2, -0.15) is 21.0 Å². The van der Waals surface area contributed by atoms with Gasteiger partial charge in [0.05, 0.1) is 63.3 Å². The first kappa shape index (κ1) is 41.4. The maximum atomic E-state index is 10.3. The minimum Gasteiger partial charge on any atom is -0.308 e. The normalized spacial score (nSPS) is 11.1. The Hall–Kier alpha value is -10.0. The van der Waals surface area contributed by atoms with Gasteiger partial charge in [-0.1, -0.05) is 121 Å². The summed E-state index contributed by atoms with van der Waals surface area (Å²) in [5, 5.41) is 44.1. The van der Waals surface area contributed by atoms with Gasteiger partial charge >= 0.3 is 0 Å². The van der Waals surface area contributed by atoms with Crippen LogP contribution in [0.15, 0.2) is 194 Å².